The molecule has 0 unspecified atom stereocenters. The molecule has 3 heterocycles. The highest BCUT2D eigenvalue weighted by atomic mass is 19.1. The van der Waals surface area contributed by atoms with Crippen LogP contribution >= 0.6 is 0 Å². The number of pyridine rings is 1. The van der Waals surface area contributed by atoms with Gasteiger partial charge in [-0.1, -0.05) is 5.16 Å². The average molecular weight is 395 g/mol. The molecular formula is C21H18FN3O4. The van der Waals surface area contributed by atoms with Crippen molar-refractivity contribution in [1.29, 1.82) is 0 Å². The molecule has 2 aromatic heterocycles. The van der Waals surface area contributed by atoms with Gasteiger partial charge in [-0.2, -0.15) is 0 Å². The number of carboxylic acid groups (broad SMARTS) is 1. The number of carboxylic acids is 1. The molecule has 7 nitrogen and oxygen atoms in total. The van der Waals surface area contributed by atoms with Crippen molar-refractivity contribution < 1.29 is 23.6 Å². The molecule has 0 spiro atoms. The zero-order chi connectivity index (χ0) is 20.1. The highest BCUT2D eigenvalue weighted by Gasteiger charge is 2.36. The van der Waals surface area contributed by atoms with E-state index in [1.807, 2.05) is 0 Å². The second-order valence-electron chi connectivity index (χ2n) is 7.66. The number of aliphatic carboxylic acids is 1. The molecule has 29 heavy (non-hydrogen) atoms. The minimum absolute atomic E-state index is 0.175. The summed E-state index contributed by atoms with van der Waals surface area (Å²) in [5.41, 5.74) is 2.54. The number of carbonyl (C=O) groups excluding carboxylic acids is 1. The van der Waals surface area contributed by atoms with Crippen LogP contribution in [-0.4, -0.2) is 45.1 Å². The van der Waals surface area contributed by atoms with Crippen LogP contribution in [0.4, 0.5) is 4.39 Å². The van der Waals surface area contributed by atoms with Crippen molar-refractivity contribution in [3.05, 3.63) is 47.4 Å². The number of nitrogens with zero attached hydrogens (tertiary/aromatic N) is 3. The largest absolute Gasteiger partial charge is 0.481 e. The Morgan fingerprint density at radius 1 is 1.17 bits per heavy atom. The van der Waals surface area contributed by atoms with Gasteiger partial charge in [0.05, 0.1) is 28.3 Å². The van der Waals surface area contributed by atoms with Crippen molar-refractivity contribution in [3.63, 3.8) is 0 Å². The average Bonchev–Trinajstić information content (AvgIpc) is 3.27. The smallest absolute Gasteiger partial charge is 0.308 e. The van der Waals surface area contributed by atoms with Crippen LogP contribution in [0.1, 0.15) is 41.2 Å². The Morgan fingerprint density at radius 3 is 2.59 bits per heavy atom. The van der Waals surface area contributed by atoms with E-state index >= 15 is 0 Å². The van der Waals surface area contributed by atoms with Crippen LogP contribution in [0.2, 0.25) is 0 Å². The van der Waals surface area contributed by atoms with Crippen LogP contribution in [-0.2, 0) is 4.79 Å². The quantitative estimate of drug-likeness (QED) is 0.727. The summed E-state index contributed by atoms with van der Waals surface area (Å²) in [7, 11) is 0. The molecule has 2 fully saturated rings. The predicted molar refractivity (Wildman–Crippen MR) is 101 cm³/mol. The van der Waals surface area contributed by atoms with Gasteiger partial charge in [0, 0.05) is 24.6 Å². The van der Waals surface area contributed by atoms with E-state index in [-0.39, 0.29) is 29.9 Å². The Labute approximate surface area is 165 Å². The van der Waals surface area contributed by atoms with Gasteiger partial charge in [0.2, 0.25) is 0 Å². The standard InChI is InChI=1S/C21H18FN3O4/c22-14-5-3-11(4-6-14)16-9-15(20(26)25-8-7-13(10-25)21(27)28)17-18(12-1-2-12)24-29-19(17)23-16/h3-6,9,12-13H,1-2,7-8,10H2,(H,27,28)/t13-/m0/s1. The van der Waals surface area contributed by atoms with Gasteiger partial charge in [-0.3, -0.25) is 9.59 Å². The summed E-state index contributed by atoms with van der Waals surface area (Å²) < 4.78 is 18.8. The zero-order valence-corrected chi connectivity index (χ0v) is 15.5. The van der Waals surface area contributed by atoms with E-state index < -0.39 is 11.9 Å². The van der Waals surface area contributed by atoms with E-state index in [0.717, 1.165) is 18.5 Å². The van der Waals surface area contributed by atoms with Crippen LogP contribution < -0.4 is 0 Å². The van der Waals surface area contributed by atoms with Crippen LogP contribution in [0.3, 0.4) is 0 Å². The first-order valence-corrected chi connectivity index (χ1v) is 9.59. The number of fused-ring (bicyclic) bond motifs is 1. The van der Waals surface area contributed by atoms with Gasteiger partial charge in [0.15, 0.2) is 0 Å². The van der Waals surface area contributed by atoms with Crippen LogP contribution in [0, 0.1) is 11.7 Å². The van der Waals surface area contributed by atoms with Crippen molar-refractivity contribution in [2.75, 3.05) is 13.1 Å². The molecule has 0 radical (unpaired) electrons. The molecule has 1 atom stereocenters. The monoisotopic (exact) mass is 395 g/mol. The van der Waals surface area contributed by atoms with E-state index in [0.29, 0.717) is 35.2 Å². The molecule has 5 rings (SSSR count). The molecule has 1 aromatic carbocycles. The summed E-state index contributed by atoms with van der Waals surface area (Å²) in [4.78, 5) is 30.7. The number of likely N-dealkylation sites (tertiary alicyclic amines) is 1. The van der Waals surface area contributed by atoms with Crippen molar-refractivity contribution in [2.45, 2.75) is 25.2 Å². The Bertz CT molecular complexity index is 1120. The lowest BCUT2D eigenvalue weighted by Gasteiger charge is -2.17. The summed E-state index contributed by atoms with van der Waals surface area (Å²) in [6, 6.07) is 7.51. The Hall–Kier alpha value is -3.29. The van der Waals surface area contributed by atoms with Crippen LogP contribution in [0.15, 0.2) is 34.9 Å². The lowest BCUT2D eigenvalue weighted by molar-refractivity contribution is -0.141. The second-order valence-corrected chi connectivity index (χ2v) is 7.66. The first kappa shape index (κ1) is 17.8. The Kier molecular flexibility index (Phi) is 4.08. The molecule has 3 aromatic rings. The molecule has 1 amide bonds. The third kappa shape index (κ3) is 3.14. The van der Waals surface area contributed by atoms with Crippen molar-refractivity contribution in [1.82, 2.24) is 15.0 Å². The van der Waals surface area contributed by atoms with E-state index in [4.69, 9.17) is 4.52 Å². The number of halogens is 1. The highest BCUT2D eigenvalue weighted by Crippen LogP contribution is 2.43. The molecule has 0 bridgehead atoms. The fraction of sp³-hybridized carbons (Fsp3) is 0.333. The maximum atomic E-state index is 13.3. The van der Waals surface area contributed by atoms with E-state index in [9.17, 15) is 19.1 Å². The van der Waals surface area contributed by atoms with Crippen molar-refractivity contribution in [3.8, 4) is 11.3 Å². The van der Waals surface area contributed by atoms with Gasteiger partial charge >= 0.3 is 5.97 Å². The summed E-state index contributed by atoms with van der Waals surface area (Å²) >= 11 is 0. The molecule has 8 heteroatoms. The van der Waals surface area contributed by atoms with Gasteiger partial charge < -0.3 is 14.5 Å². The molecule has 1 aliphatic heterocycles. The van der Waals surface area contributed by atoms with Crippen molar-refractivity contribution in [2.24, 2.45) is 5.92 Å². The minimum atomic E-state index is -0.893. The molecular weight excluding hydrogens is 377 g/mol. The zero-order valence-electron chi connectivity index (χ0n) is 15.5. The van der Waals surface area contributed by atoms with Gasteiger partial charge in [-0.05, 0) is 49.6 Å². The summed E-state index contributed by atoms with van der Waals surface area (Å²) in [5, 5.41) is 14.0. The molecule has 1 N–H and O–H groups in total. The third-order valence-electron chi connectivity index (χ3n) is 5.63. The van der Waals surface area contributed by atoms with E-state index in [1.54, 1.807) is 23.1 Å². The summed E-state index contributed by atoms with van der Waals surface area (Å²) in [6.45, 7) is 0.559. The van der Waals surface area contributed by atoms with Crippen molar-refractivity contribution >= 4 is 23.0 Å². The number of benzene rings is 1. The van der Waals surface area contributed by atoms with Gasteiger partial charge in [-0.15, -0.1) is 0 Å². The maximum Gasteiger partial charge on any atom is 0.308 e. The number of aromatic nitrogens is 2. The van der Waals surface area contributed by atoms with E-state index in [1.165, 1.54) is 12.1 Å². The van der Waals surface area contributed by atoms with Gasteiger partial charge in [-0.25, -0.2) is 9.37 Å². The number of amides is 1. The topological polar surface area (TPSA) is 96.5 Å². The normalized spacial score (nSPS) is 19.1. The summed E-state index contributed by atoms with van der Waals surface area (Å²) in [6.07, 6.45) is 2.40. The predicted octanol–water partition coefficient (Wildman–Crippen LogP) is 3.45. The Balaban J connectivity index is 1.61. The first-order valence-electron chi connectivity index (χ1n) is 9.59. The molecule has 148 valence electrons. The number of rotatable bonds is 4. The van der Waals surface area contributed by atoms with Gasteiger partial charge in [0.1, 0.15) is 5.82 Å². The first-order chi connectivity index (χ1) is 14.0. The highest BCUT2D eigenvalue weighted by molar-refractivity contribution is 6.07. The maximum absolute atomic E-state index is 13.3. The third-order valence-corrected chi connectivity index (χ3v) is 5.63. The molecule has 1 saturated carbocycles. The Morgan fingerprint density at radius 2 is 1.93 bits per heavy atom. The van der Waals surface area contributed by atoms with Crippen LogP contribution in [0.5, 0.6) is 0 Å². The fourth-order valence-electron chi connectivity index (χ4n) is 3.86. The van der Waals surface area contributed by atoms with E-state index in [2.05, 4.69) is 10.1 Å². The lowest BCUT2D eigenvalue weighted by Crippen LogP contribution is -2.30. The lowest BCUT2D eigenvalue weighted by atomic mass is 10.0. The van der Waals surface area contributed by atoms with Crippen LogP contribution in [0.25, 0.3) is 22.4 Å². The number of hydrogen-bond acceptors (Lipinski definition) is 5. The minimum Gasteiger partial charge on any atom is -0.481 e. The fourth-order valence-corrected chi connectivity index (χ4v) is 3.86. The molecule has 1 saturated heterocycles. The second kappa shape index (κ2) is 6.65. The number of hydrogen-bond donors (Lipinski definition) is 1. The molecule has 2 aliphatic rings. The number of carbonyl (C=O) groups is 2. The molecule has 1 aliphatic carbocycles. The summed E-state index contributed by atoms with van der Waals surface area (Å²) in [5.74, 6) is -1.81. The van der Waals surface area contributed by atoms with Gasteiger partial charge in [0.25, 0.3) is 11.6 Å². The SMILES string of the molecule is O=C(O)[C@H]1CCN(C(=O)c2cc(-c3ccc(F)cc3)nc3onc(C4CC4)c23)C1.